The molecule has 70 valence electrons. The summed E-state index contributed by atoms with van der Waals surface area (Å²) < 4.78 is 0. The first-order chi connectivity index (χ1) is 6.02. The van der Waals surface area contributed by atoms with Crippen molar-refractivity contribution in [3.63, 3.8) is 0 Å². The maximum absolute atomic E-state index is 11.4. The van der Waals surface area contributed by atoms with Crippen molar-refractivity contribution in [1.29, 1.82) is 0 Å². The van der Waals surface area contributed by atoms with Gasteiger partial charge in [-0.25, -0.2) is 0 Å². The molecule has 4 heteroatoms. The quantitative estimate of drug-likeness (QED) is 0.613. The minimum absolute atomic E-state index is 0.00469. The van der Waals surface area contributed by atoms with E-state index in [0.717, 1.165) is 0 Å². The van der Waals surface area contributed by atoms with E-state index in [1.165, 1.54) is 18.2 Å². The summed E-state index contributed by atoms with van der Waals surface area (Å²) in [4.78, 5) is 11.4. The molecule has 2 nitrogen and oxygen atoms in total. The van der Waals surface area contributed by atoms with Crippen LogP contribution in [0.25, 0.3) is 0 Å². The van der Waals surface area contributed by atoms with Crippen LogP contribution in [0.3, 0.4) is 0 Å². The zero-order valence-electron chi connectivity index (χ0n) is 6.92. The van der Waals surface area contributed by atoms with E-state index in [-0.39, 0.29) is 17.1 Å². The number of phenols is 1. The Morgan fingerprint density at radius 1 is 1.54 bits per heavy atom. The van der Waals surface area contributed by atoms with Crippen LogP contribution in [0, 0.1) is 0 Å². The van der Waals surface area contributed by atoms with Gasteiger partial charge in [0.25, 0.3) is 0 Å². The predicted molar refractivity (Wildman–Crippen MR) is 52.8 cm³/mol. The van der Waals surface area contributed by atoms with Crippen molar-refractivity contribution in [2.24, 2.45) is 0 Å². The van der Waals surface area contributed by atoms with E-state index in [0.29, 0.717) is 5.02 Å². The number of hydrogen-bond acceptors (Lipinski definition) is 2. The van der Waals surface area contributed by atoms with Gasteiger partial charge in [0.15, 0.2) is 5.78 Å². The number of halogens is 2. The average Bonchev–Trinajstić information content (AvgIpc) is 2.08. The molecule has 0 aromatic heterocycles. The lowest BCUT2D eigenvalue weighted by Crippen LogP contribution is -2.10. The van der Waals surface area contributed by atoms with E-state index in [1.54, 1.807) is 6.92 Å². The van der Waals surface area contributed by atoms with Gasteiger partial charge in [-0.05, 0) is 25.1 Å². The Hall–Kier alpha value is -0.730. The van der Waals surface area contributed by atoms with E-state index in [2.05, 4.69) is 0 Å². The van der Waals surface area contributed by atoms with Crippen LogP contribution >= 0.6 is 23.2 Å². The SMILES string of the molecule is CC(Cl)C(=O)c1cc(O)ccc1Cl. The zero-order valence-corrected chi connectivity index (χ0v) is 8.43. The van der Waals surface area contributed by atoms with Crippen molar-refractivity contribution < 1.29 is 9.90 Å². The third-order valence-electron chi connectivity index (χ3n) is 1.58. The lowest BCUT2D eigenvalue weighted by molar-refractivity contribution is 0.0991. The van der Waals surface area contributed by atoms with Gasteiger partial charge >= 0.3 is 0 Å². The van der Waals surface area contributed by atoms with E-state index >= 15 is 0 Å². The number of carbonyl (C=O) groups excluding carboxylic acids is 1. The third kappa shape index (κ3) is 2.36. The third-order valence-corrected chi connectivity index (χ3v) is 2.10. The lowest BCUT2D eigenvalue weighted by Gasteiger charge is -2.04. The van der Waals surface area contributed by atoms with Crippen molar-refractivity contribution in [2.75, 3.05) is 0 Å². The lowest BCUT2D eigenvalue weighted by atomic mass is 10.1. The number of hydrogen-bond donors (Lipinski definition) is 1. The highest BCUT2D eigenvalue weighted by Gasteiger charge is 2.15. The van der Waals surface area contributed by atoms with Crippen LogP contribution in [0.2, 0.25) is 5.02 Å². The van der Waals surface area contributed by atoms with Crippen molar-refractivity contribution in [3.8, 4) is 5.75 Å². The van der Waals surface area contributed by atoms with Crippen molar-refractivity contribution >= 4 is 29.0 Å². The molecule has 0 heterocycles. The van der Waals surface area contributed by atoms with Gasteiger partial charge < -0.3 is 5.11 Å². The van der Waals surface area contributed by atoms with E-state index in [9.17, 15) is 4.79 Å². The minimum Gasteiger partial charge on any atom is -0.508 e. The number of carbonyl (C=O) groups is 1. The van der Waals surface area contributed by atoms with Crippen LogP contribution in [0.4, 0.5) is 0 Å². The number of phenolic OH excluding ortho intramolecular Hbond substituents is 1. The second kappa shape index (κ2) is 3.99. The number of alkyl halides is 1. The fourth-order valence-electron chi connectivity index (χ4n) is 0.916. The summed E-state index contributed by atoms with van der Waals surface area (Å²) in [6.07, 6.45) is 0. The van der Waals surface area contributed by atoms with E-state index < -0.39 is 5.38 Å². The summed E-state index contributed by atoms with van der Waals surface area (Å²) in [5.41, 5.74) is 0.254. The van der Waals surface area contributed by atoms with Gasteiger partial charge in [0, 0.05) is 5.56 Å². The van der Waals surface area contributed by atoms with Gasteiger partial charge in [-0.15, -0.1) is 11.6 Å². The van der Waals surface area contributed by atoms with Crippen LogP contribution in [0.1, 0.15) is 17.3 Å². The topological polar surface area (TPSA) is 37.3 Å². The largest absolute Gasteiger partial charge is 0.508 e. The Morgan fingerprint density at radius 2 is 2.15 bits per heavy atom. The molecule has 0 spiro atoms. The highest BCUT2D eigenvalue weighted by molar-refractivity contribution is 6.38. The van der Waals surface area contributed by atoms with Crippen LogP contribution in [0.5, 0.6) is 5.75 Å². The first-order valence-corrected chi connectivity index (χ1v) is 4.50. The van der Waals surface area contributed by atoms with Gasteiger partial charge in [-0.3, -0.25) is 4.79 Å². The Kier molecular flexibility index (Phi) is 3.17. The van der Waals surface area contributed by atoms with E-state index in [4.69, 9.17) is 28.3 Å². The van der Waals surface area contributed by atoms with Gasteiger partial charge in [-0.1, -0.05) is 11.6 Å². The molecule has 1 rings (SSSR count). The average molecular weight is 219 g/mol. The Labute approximate surface area is 86.1 Å². The van der Waals surface area contributed by atoms with Gasteiger partial charge in [0.1, 0.15) is 5.75 Å². The molecule has 0 aliphatic rings. The zero-order chi connectivity index (χ0) is 10.0. The van der Waals surface area contributed by atoms with Gasteiger partial charge in [0.2, 0.25) is 0 Å². The number of rotatable bonds is 2. The molecule has 0 fully saturated rings. The standard InChI is InChI=1S/C9H8Cl2O2/c1-5(10)9(13)7-4-6(12)2-3-8(7)11/h2-5,12H,1H3. The normalized spacial score (nSPS) is 12.5. The van der Waals surface area contributed by atoms with Crippen LogP contribution in [-0.4, -0.2) is 16.3 Å². The smallest absolute Gasteiger partial charge is 0.182 e. The molecule has 0 saturated carbocycles. The summed E-state index contributed by atoms with van der Waals surface area (Å²) in [6, 6.07) is 4.19. The second-order valence-corrected chi connectivity index (χ2v) is 3.71. The first-order valence-electron chi connectivity index (χ1n) is 3.69. The summed E-state index contributed by atoms with van der Waals surface area (Å²) in [5, 5.41) is 8.78. The predicted octanol–water partition coefficient (Wildman–Crippen LogP) is 2.86. The molecule has 0 amide bonds. The number of ketones is 1. The molecular formula is C9H8Cl2O2. The van der Waals surface area contributed by atoms with Crippen molar-refractivity contribution in [2.45, 2.75) is 12.3 Å². The summed E-state index contributed by atoms with van der Waals surface area (Å²) >= 11 is 11.3. The second-order valence-electron chi connectivity index (χ2n) is 2.64. The molecule has 0 radical (unpaired) electrons. The number of aromatic hydroxyl groups is 1. The number of benzene rings is 1. The Bertz CT molecular complexity index is 334. The van der Waals surface area contributed by atoms with Gasteiger partial charge in [0.05, 0.1) is 10.4 Å². The fourth-order valence-corrected chi connectivity index (χ4v) is 1.24. The molecule has 13 heavy (non-hydrogen) atoms. The molecule has 0 aliphatic carbocycles. The van der Waals surface area contributed by atoms with Crippen LogP contribution in [0.15, 0.2) is 18.2 Å². The summed E-state index contributed by atoms with van der Waals surface area (Å²) in [5.74, 6) is -0.285. The summed E-state index contributed by atoms with van der Waals surface area (Å²) in [7, 11) is 0. The highest BCUT2D eigenvalue weighted by Crippen LogP contribution is 2.23. The number of Topliss-reactive ketones (excluding diaryl/α,β-unsaturated/α-hetero) is 1. The molecule has 0 aliphatic heterocycles. The summed E-state index contributed by atoms with van der Waals surface area (Å²) in [6.45, 7) is 1.56. The molecule has 1 aromatic rings. The molecule has 1 unspecified atom stereocenters. The molecule has 0 bridgehead atoms. The van der Waals surface area contributed by atoms with Crippen molar-refractivity contribution in [1.82, 2.24) is 0 Å². The van der Waals surface area contributed by atoms with Gasteiger partial charge in [-0.2, -0.15) is 0 Å². The minimum atomic E-state index is -0.640. The maximum Gasteiger partial charge on any atom is 0.182 e. The first kappa shape index (κ1) is 10.4. The van der Waals surface area contributed by atoms with Crippen LogP contribution < -0.4 is 0 Å². The van der Waals surface area contributed by atoms with Crippen molar-refractivity contribution in [3.05, 3.63) is 28.8 Å². The van der Waals surface area contributed by atoms with Crippen LogP contribution in [-0.2, 0) is 0 Å². The molecule has 1 aromatic carbocycles. The maximum atomic E-state index is 11.4. The fraction of sp³-hybridized carbons (Fsp3) is 0.222. The molecule has 1 atom stereocenters. The monoisotopic (exact) mass is 218 g/mol. The molecule has 1 N–H and O–H groups in total. The van der Waals surface area contributed by atoms with E-state index in [1.807, 2.05) is 0 Å². The highest BCUT2D eigenvalue weighted by atomic mass is 35.5. The molecule has 0 saturated heterocycles. The Balaban J connectivity index is 3.13. The Morgan fingerprint density at radius 3 is 2.69 bits per heavy atom. The molecular weight excluding hydrogens is 211 g/mol.